The van der Waals surface area contributed by atoms with Crippen molar-refractivity contribution in [2.45, 2.75) is 37.0 Å². The summed E-state index contributed by atoms with van der Waals surface area (Å²) < 4.78 is 23.3. The van der Waals surface area contributed by atoms with Gasteiger partial charge in [-0.05, 0) is 31.0 Å². The van der Waals surface area contributed by atoms with Crippen LogP contribution >= 0.6 is 0 Å². The number of carbonyl (C=O) groups is 2. The van der Waals surface area contributed by atoms with Crippen LogP contribution in [0, 0.1) is 5.92 Å². The molecule has 1 saturated carbocycles. The molecule has 0 aliphatic heterocycles. The monoisotopic (exact) mass is 325 g/mol. The summed E-state index contributed by atoms with van der Waals surface area (Å²) >= 11 is 0. The van der Waals surface area contributed by atoms with Crippen LogP contribution in [-0.4, -0.2) is 31.7 Å². The Morgan fingerprint density at radius 1 is 1.14 bits per heavy atom. The van der Waals surface area contributed by atoms with Gasteiger partial charge >= 0.3 is 5.97 Å². The fourth-order valence-electron chi connectivity index (χ4n) is 2.62. The summed E-state index contributed by atoms with van der Waals surface area (Å²) in [6, 6.07) is 3.66. The third-order valence-corrected chi connectivity index (χ3v) is 4.92. The average molecular weight is 325 g/mol. The number of carbonyl (C=O) groups excluding carboxylic acids is 1. The highest BCUT2D eigenvalue weighted by molar-refractivity contribution is 7.90. The van der Waals surface area contributed by atoms with Crippen molar-refractivity contribution in [2.75, 3.05) is 11.6 Å². The third-order valence-electron chi connectivity index (χ3n) is 3.83. The summed E-state index contributed by atoms with van der Waals surface area (Å²) in [5.41, 5.74) is 0.0396. The van der Waals surface area contributed by atoms with Crippen LogP contribution in [0.2, 0.25) is 0 Å². The Morgan fingerprint density at radius 3 is 2.32 bits per heavy atom. The average Bonchev–Trinajstić information content (AvgIpc) is 2.46. The minimum atomic E-state index is -3.56. The molecule has 0 heterocycles. The van der Waals surface area contributed by atoms with Gasteiger partial charge in [0, 0.05) is 17.9 Å². The Morgan fingerprint density at radius 2 is 1.77 bits per heavy atom. The molecule has 0 spiro atoms. The van der Waals surface area contributed by atoms with Crippen molar-refractivity contribution in [3.8, 4) is 0 Å². The quantitative estimate of drug-likeness (QED) is 0.884. The lowest BCUT2D eigenvalue weighted by Gasteiger charge is -2.21. The number of aromatic carboxylic acids is 1. The van der Waals surface area contributed by atoms with E-state index in [-0.39, 0.29) is 28.0 Å². The maximum Gasteiger partial charge on any atom is 0.335 e. The lowest BCUT2D eigenvalue weighted by molar-refractivity contribution is -0.120. The van der Waals surface area contributed by atoms with E-state index in [1.54, 1.807) is 0 Å². The Kier molecular flexibility index (Phi) is 4.85. The van der Waals surface area contributed by atoms with Crippen LogP contribution in [-0.2, 0) is 14.6 Å². The molecule has 0 saturated heterocycles. The smallest absolute Gasteiger partial charge is 0.335 e. The highest BCUT2D eigenvalue weighted by atomic mass is 32.2. The van der Waals surface area contributed by atoms with E-state index in [2.05, 4.69) is 5.32 Å². The van der Waals surface area contributed by atoms with Gasteiger partial charge in [0.2, 0.25) is 5.91 Å². The van der Waals surface area contributed by atoms with Crippen molar-refractivity contribution >= 4 is 27.4 Å². The SMILES string of the molecule is CS(=O)(=O)c1cc(NC(=O)C2CCCCC2)cc(C(=O)O)c1. The molecule has 0 unspecified atom stereocenters. The number of carboxylic acid groups (broad SMARTS) is 1. The van der Waals surface area contributed by atoms with E-state index in [0.717, 1.165) is 44.4 Å². The molecule has 1 aromatic rings. The molecule has 1 aliphatic carbocycles. The van der Waals surface area contributed by atoms with E-state index in [0.29, 0.717) is 0 Å². The fourth-order valence-corrected chi connectivity index (χ4v) is 3.30. The molecule has 2 rings (SSSR count). The summed E-state index contributed by atoms with van der Waals surface area (Å²) in [6.45, 7) is 0. The molecular weight excluding hydrogens is 306 g/mol. The summed E-state index contributed by atoms with van der Waals surface area (Å²) in [5.74, 6) is -1.51. The maximum absolute atomic E-state index is 12.2. The number of carboxylic acids is 1. The van der Waals surface area contributed by atoms with Crippen LogP contribution in [0.15, 0.2) is 23.1 Å². The van der Waals surface area contributed by atoms with Gasteiger partial charge in [0.05, 0.1) is 10.5 Å². The molecule has 1 aliphatic rings. The van der Waals surface area contributed by atoms with Crippen LogP contribution in [0.4, 0.5) is 5.69 Å². The zero-order valence-corrected chi connectivity index (χ0v) is 13.1. The highest BCUT2D eigenvalue weighted by Crippen LogP contribution is 2.26. The van der Waals surface area contributed by atoms with Crippen LogP contribution in [0.25, 0.3) is 0 Å². The number of amides is 1. The summed E-state index contributed by atoms with van der Waals surface area (Å²) in [7, 11) is -3.56. The van der Waals surface area contributed by atoms with Crippen molar-refractivity contribution in [1.82, 2.24) is 0 Å². The van der Waals surface area contributed by atoms with Gasteiger partial charge in [-0.3, -0.25) is 4.79 Å². The molecule has 22 heavy (non-hydrogen) atoms. The standard InChI is InChI=1S/C15H19NO5S/c1-22(20,21)13-8-11(15(18)19)7-12(9-13)16-14(17)10-5-3-2-4-6-10/h7-10H,2-6H2,1H3,(H,16,17)(H,18,19). The lowest BCUT2D eigenvalue weighted by Crippen LogP contribution is -2.25. The topological polar surface area (TPSA) is 101 Å². The summed E-state index contributed by atoms with van der Waals surface area (Å²) in [6.07, 6.45) is 5.74. The Labute approximate surface area is 129 Å². The first-order valence-corrected chi connectivity index (χ1v) is 9.06. The van der Waals surface area contributed by atoms with Crippen molar-refractivity contribution in [3.05, 3.63) is 23.8 Å². The van der Waals surface area contributed by atoms with Crippen LogP contribution < -0.4 is 5.32 Å². The minimum Gasteiger partial charge on any atom is -0.478 e. The number of nitrogens with one attached hydrogen (secondary N) is 1. The first-order chi connectivity index (χ1) is 10.3. The van der Waals surface area contributed by atoms with Gasteiger partial charge in [-0.2, -0.15) is 0 Å². The third kappa shape index (κ3) is 4.07. The Bertz CT molecular complexity index is 690. The largest absolute Gasteiger partial charge is 0.478 e. The first kappa shape index (κ1) is 16.5. The van der Waals surface area contributed by atoms with Gasteiger partial charge in [0.25, 0.3) is 0 Å². The predicted molar refractivity (Wildman–Crippen MR) is 81.7 cm³/mol. The van der Waals surface area contributed by atoms with Crippen LogP contribution in [0.1, 0.15) is 42.5 Å². The molecule has 0 bridgehead atoms. The van der Waals surface area contributed by atoms with Gasteiger partial charge in [0.1, 0.15) is 0 Å². The summed E-state index contributed by atoms with van der Waals surface area (Å²) in [4.78, 5) is 23.2. The van der Waals surface area contributed by atoms with E-state index in [9.17, 15) is 18.0 Å². The van der Waals surface area contributed by atoms with E-state index in [4.69, 9.17) is 5.11 Å². The van der Waals surface area contributed by atoms with Gasteiger partial charge in [-0.15, -0.1) is 0 Å². The molecule has 120 valence electrons. The number of rotatable bonds is 4. The number of hydrogen-bond acceptors (Lipinski definition) is 4. The van der Waals surface area contributed by atoms with Gasteiger partial charge < -0.3 is 10.4 Å². The first-order valence-electron chi connectivity index (χ1n) is 7.16. The zero-order chi connectivity index (χ0) is 16.3. The predicted octanol–water partition coefficient (Wildman–Crippen LogP) is 2.31. The number of anilines is 1. The van der Waals surface area contributed by atoms with Crippen molar-refractivity contribution < 1.29 is 23.1 Å². The number of sulfone groups is 1. The normalized spacial score (nSPS) is 16.2. The number of benzene rings is 1. The Hall–Kier alpha value is -1.89. The molecule has 1 aromatic carbocycles. The molecule has 0 radical (unpaired) electrons. The molecule has 0 aromatic heterocycles. The van der Waals surface area contributed by atoms with Crippen molar-refractivity contribution in [3.63, 3.8) is 0 Å². The van der Waals surface area contributed by atoms with Crippen LogP contribution in [0.3, 0.4) is 0 Å². The van der Waals surface area contributed by atoms with E-state index in [1.165, 1.54) is 12.1 Å². The molecule has 0 atom stereocenters. The van der Waals surface area contributed by atoms with Gasteiger partial charge in [-0.25, -0.2) is 13.2 Å². The Balaban J connectivity index is 2.27. The zero-order valence-electron chi connectivity index (χ0n) is 12.3. The second-order valence-electron chi connectivity index (χ2n) is 5.65. The fraction of sp³-hybridized carbons (Fsp3) is 0.467. The maximum atomic E-state index is 12.2. The molecule has 1 fully saturated rings. The van der Waals surface area contributed by atoms with E-state index < -0.39 is 15.8 Å². The second kappa shape index (κ2) is 6.48. The van der Waals surface area contributed by atoms with Crippen LogP contribution in [0.5, 0.6) is 0 Å². The van der Waals surface area contributed by atoms with Crippen molar-refractivity contribution in [1.29, 1.82) is 0 Å². The van der Waals surface area contributed by atoms with E-state index >= 15 is 0 Å². The minimum absolute atomic E-state index is 0.0936. The van der Waals surface area contributed by atoms with Gasteiger partial charge in [-0.1, -0.05) is 19.3 Å². The molecule has 2 N–H and O–H groups in total. The highest BCUT2D eigenvalue weighted by Gasteiger charge is 2.22. The molecular formula is C15H19NO5S. The molecule has 1 amide bonds. The van der Waals surface area contributed by atoms with Crippen molar-refractivity contribution in [2.24, 2.45) is 5.92 Å². The molecule has 7 heteroatoms. The second-order valence-corrected chi connectivity index (χ2v) is 7.66. The lowest BCUT2D eigenvalue weighted by atomic mass is 9.88. The van der Waals surface area contributed by atoms with Gasteiger partial charge in [0.15, 0.2) is 9.84 Å². The number of hydrogen-bond donors (Lipinski definition) is 2. The molecule has 6 nitrogen and oxygen atoms in total. The van der Waals surface area contributed by atoms with E-state index in [1.807, 2.05) is 0 Å². The summed E-state index contributed by atoms with van der Waals surface area (Å²) in [5, 5.41) is 11.7.